The summed E-state index contributed by atoms with van der Waals surface area (Å²) < 4.78 is 5.68. The molecule has 1 aliphatic rings. The fourth-order valence-electron chi connectivity index (χ4n) is 1.70. The smallest absolute Gasteiger partial charge is 0.133 e. The van der Waals surface area contributed by atoms with Gasteiger partial charge < -0.3 is 10.1 Å². The second-order valence-electron chi connectivity index (χ2n) is 3.62. The predicted octanol–water partition coefficient (Wildman–Crippen LogP) is 2.53. The molecule has 0 saturated carbocycles. The first-order valence-electron chi connectivity index (χ1n) is 5.25. The van der Waals surface area contributed by atoms with Gasteiger partial charge in [0.25, 0.3) is 0 Å². The van der Waals surface area contributed by atoms with E-state index in [4.69, 9.17) is 4.74 Å². The van der Waals surface area contributed by atoms with Crippen LogP contribution in [0, 0.1) is 0 Å². The van der Waals surface area contributed by atoms with Gasteiger partial charge in [0.2, 0.25) is 0 Å². The van der Waals surface area contributed by atoms with Crippen LogP contribution in [0.3, 0.4) is 0 Å². The van der Waals surface area contributed by atoms with Crippen LogP contribution in [-0.2, 0) is 4.74 Å². The number of hydrogen-bond donors (Lipinski definition) is 1. The maximum absolute atomic E-state index is 5.68. The van der Waals surface area contributed by atoms with Gasteiger partial charge in [-0.3, -0.25) is 0 Å². The normalized spacial score (nSPS) is 21.1. The molecule has 2 aromatic rings. The number of ether oxygens (including phenoxy) is 1. The van der Waals surface area contributed by atoms with Crippen molar-refractivity contribution in [3.63, 3.8) is 0 Å². The molecule has 84 valence electrons. The van der Waals surface area contributed by atoms with Crippen LogP contribution in [0.5, 0.6) is 0 Å². The molecule has 0 aromatic carbocycles. The molecule has 1 atom stereocenters. The Bertz CT molecular complexity index is 446. The maximum atomic E-state index is 5.68. The van der Waals surface area contributed by atoms with E-state index in [0.717, 1.165) is 30.4 Å². The molecule has 1 N–H and O–H groups in total. The minimum Gasteiger partial charge on any atom is -0.369 e. The summed E-state index contributed by atoms with van der Waals surface area (Å²) in [7, 11) is 0. The predicted molar refractivity (Wildman–Crippen MR) is 67.0 cm³/mol. The zero-order valence-corrected chi connectivity index (χ0v) is 10.3. The maximum Gasteiger partial charge on any atom is 0.133 e. The summed E-state index contributed by atoms with van der Waals surface area (Å²) in [5.74, 6) is 0. The largest absolute Gasteiger partial charge is 0.369 e. The molecule has 1 unspecified atom stereocenters. The Kier molecular flexibility index (Phi) is 3.01. The lowest BCUT2D eigenvalue weighted by Gasteiger charge is -2.21. The van der Waals surface area contributed by atoms with Crippen molar-refractivity contribution in [1.82, 2.24) is 10.3 Å². The van der Waals surface area contributed by atoms with E-state index in [2.05, 4.69) is 33.2 Å². The van der Waals surface area contributed by atoms with Crippen LogP contribution in [0.1, 0.15) is 11.8 Å². The molecule has 0 radical (unpaired) electrons. The van der Waals surface area contributed by atoms with Gasteiger partial charge in [-0.25, -0.2) is 4.98 Å². The fraction of sp³-hybridized carbons (Fsp3) is 0.364. The lowest BCUT2D eigenvalue weighted by atomic mass is 10.2. The van der Waals surface area contributed by atoms with Crippen LogP contribution in [0.25, 0.3) is 9.88 Å². The molecule has 3 nitrogen and oxygen atoms in total. The number of hydrogen-bond acceptors (Lipinski definition) is 5. The average molecular weight is 252 g/mol. The van der Waals surface area contributed by atoms with Gasteiger partial charge in [0.15, 0.2) is 0 Å². The SMILES string of the molecule is c1csc(-c2nc(C3CNCCO3)cs2)c1. The minimum absolute atomic E-state index is 0.124. The molecule has 1 fully saturated rings. The minimum atomic E-state index is 0.124. The second kappa shape index (κ2) is 4.63. The molecule has 2 aromatic heterocycles. The van der Waals surface area contributed by atoms with Gasteiger partial charge in [0.1, 0.15) is 11.1 Å². The van der Waals surface area contributed by atoms with E-state index in [0.29, 0.717) is 0 Å². The average Bonchev–Trinajstić information content (AvgIpc) is 3.01. The first-order chi connectivity index (χ1) is 7.93. The molecule has 0 bridgehead atoms. The van der Waals surface area contributed by atoms with E-state index < -0.39 is 0 Å². The molecule has 1 saturated heterocycles. The Balaban J connectivity index is 1.82. The number of thiazole rings is 1. The molecule has 0 amide bonds. The summed E-state index contributed by atoms with van der Waals surface area (Å²) in [4.78, 5) is 5.88. The van der Waals surface area contributed by atoms with Crippen LogP contribution < -0.4 is 5.32 Å². The van der Waals surface area contributed by atoms with E-state index in [-0.39, 0.29) is 6.10 Å². The summed E-state index contributed by atoms with van der Waals surface area (Å²) >= 11 is 3.42. The zero-order chi connectivity index (χ0) is 10.8. The highest BCUT2D eigenvalue weighted by Crippen LogP contribution is 2.30. The van der Waals surface area contributed by atoms with Crippen LogP contribution in [0.4, 0.5) is 0 Å². The Morgan fingerprint density at radius 1 is 1.44 bits per heavy atom. The molecule has 5 heteroatoms. The molecule has 3 heterocycles. The van der Waals surface area contributed by atoms with Gasteiger partial charge in [-0.15, -0.1) is 22.7 Å². The van der Waals surface area contributed by atoms with Gasteiger partial charge in [-0.1, -0.05) is 6.07 Å². The first kappa shape index (κ1) is 10.4. The Morgan fingerprint density at radius 3 is 3.19 bits per heavy atom. The van der Waals surface area contributed by atoms with E-state index >= 15 is 0 Å². The fourth-order valence-corrected chi connectivity index (χ4v) is 3.38. The van der Waals surface area contributed by atoms with E-state index in [1.807, 2.05) is 0 Å². The van der Waals surface area contributed by atoms with E-state index in [9.17, 15) is 0 Å². The van der Waals surface area contributed by atoms with Crippen molar-refractivity contribution >= 4 is 22.7 Å². The van der Waals surface area contributed by atoms with Crippen molar-refractivity contribution in [1.29, 1.82) is 0 Å². The molecule has 1 aliphatic heterocycles. The molecule has 3 rings (SSSR count). The highest BCUT2D eigenvalue weighted by atomic mass is 32.1. The van der Waals surface area contributed by atoms with Crippen LogP contribution in [0.15, 0.2) is 22.9 Å². The lowest BCUT2D eigenvalue weighted by molar-refractivity contribution is 0.0254. The van der Waals surface area contributed by atoms with E-state index in [1.54, 1.807) is 22.7 Å². The standard InChI is InChI=1S/C11H12N2OS2/c1-2-10(15-5-1)11-13-8(7-16-11)9-6-12-3-4-14-9/h1-2,5,7,9,12H,3-4,6H2. The number of thiophene rings is 1. The van der Waals surface area contributed by atoms with Gasteiger partial charge in [-0.2, -0.15) is 0 Å². The lowest BCUT2D eigenvalue weighted by Crippen LogP contribution is -2.33. The van der Waals surface area contributed by atoms with E-state index in [1.165, 1.54) is 4.88 Å². The number of morpholine rings is 1. The van der Waals surface area contributed by atoms with Gasteiger partial charge in [0.05, 0.1) is 17.2 Å². The third kappa shape index (κ3) is 2.04. The summed E-state index contributed by atoms with van der Waals surface area (Å²) in [6, 6.07) is 4.16. The second-order valence-corrected chi connectivity index (χ2v) is 5.42. The Morgan fingerprint density at radius 2 is 2.44 bits per heavy atom. The highest BCUT2D eigenvalue weighted by molar-refractivity contribution is 7.20. The van der Waals surface area contributed by atoms with Crippen LogP contribution in [0.2, 0.25) is 0 Å². The Hall–Kier alpha value is -0.750. The zero-order valence-electron chi connectivity index (χ0n) is 8.68. The molecule has 16 heavy (non-hydrogen) atoms. The summed E-state index contributed by atoms with van der Waals surface area (Å²) in [6.07, 6.45) is 0.124. The Labute approximate surface area is 102 Å². The quantitative estimate of drug-likeness (QED) is 0.892. The van der Waals surface area contributed by atoms with Crippen molar-refractivity contribution in [3.05, 3.63) is 28.6 Å². The van der Waals surface area contributed by atoms with Crippen molar-refractivity contribution in [2.75, 3.05) is 19.7 Å². The van der Waals surface area contributed by atoms with Gasteiger partial charge in [0, 0.05) is 18.5 Å². The van der Waals surface area contributed by atoms with Crippen molar-refractivity contribution < 1.29 is 4.74 Å². The summed E-state index contributed by atoms with van der Waals surface area (Å²) in [5.41, 5.74) is 1.06. The van der Waals surface area contributed by atoms with Gasteiger partial charge >= 0.3 is 0 Å². The molecular formula is C11H12N2OS2. The number of aromatic nitrogens is 1. The summed E-state index contributed by atoms with van der Waals surface area (Å²) in [6.45, 7) is 2.59. The van der Waals surface area contributed by atoms with Crippen LogP contribution >= 0.6 is 22.7 Å². The molecule has 0 spiro atoms. The van der Waals surface area contributed by atoms with Crippen LogP contribution in [-0.4, -0.2) is 24.7 Å². The molecular weight excluding hydrogens is 240 g/mol. The third-order valence-corrected chi connectivity index (χ3v) is 4.41. The number of nitrogens with one attached hydrogen (secondary N) is 1. The number of nitrogens with zero attached hydrogens (tertiary/aromatic N) is 1. The highest BCUT2D eigenvalue weighted by Gasteiger charge is 2.18. The first-order valence-corrected chi connectivity index (χ1v) is 7.01. The monoisotopic (exact) mass is 252 g/mol. The van der Waals surface area contributed by atoms with Crippen molar-refractivity contribution in [2.45, 2.75) is 6.10 Å². The van der Waals surface area contributed by atoms with Crippen molar-refractivity contribution in [2.24, 2.45) is 0 Å². The number of rotatable bonds is 2. The van der Waals surface area contributed by atoms with Crippen molar-refractivity contribution in [3.8, 4) is 9.88 Å². The van der Waals surface area contributed by atoms with Gasteiger partial charge in [-0.05, 0) is 11.4 Å². The summed E-state index contributed by atoms with van der Waals surface area (Å²) in [5, 5.41) is 8.60. The topological polar surface area (TPSA) is 34.2 Å². The third-order valence-electron chi connectivity index (χ3n) is 2.51. The molecule has 0 aliphatic carbocycles.